The molecular formula is C20H30N4O. The quantitative estimate of drug-likeness (QED) is 0.814. The minimum absolute atomic E-state index is 0.0850. The number of hydrogen-bond donors (Lipinski definition) is 1. The number of hydrogen-bond acceptors (Lipinski definition) is 3. The summed E-state index contributed by atoms with van der Waals surface area (Å²) in [4.78, 5) is 19.4. The Morgan fingerprint density at radius 3 is 2.72 bits per heavy atom. The molecule has 136 valence electrons. The van der Waals surface area contributed by atoms with Crippen LogP contribution in [0.3, 0.4) is 0 Å². The van der Waals surface area contributed by atoms with Crippen molar-refractivity contribution in [2.75, 3.05) is 18.4 Å². The molecule has 5 heteroatoms. The number of carbonyl (C=O) groups is 1. The number of aromatic nitrogens is 2. The van der Waals surface area contributed by atoms with E-state index in [2.05, 4.69) is 41.6 Å². The van der Waals surface area contributed by atoms with Gasteiger partial charge in [0.15, 0.2) is 0 Å². The third kappa shape index (κ3) is 4.21. The fraction of sp³-hybridized carbons (Fsp3) is 0.600. The third-order valence-electron chi connectivity index (χ3n) is 4.88. The Labute approximate surface area is 150 Å². The standard InChI is InChI=1S/C20H30N4O/c1-4-5-8-20(25)21-16-9-10-18-17(13-16)22-19(24(18)15(2)3)14-23-11-6-7-12-23/h9-10,13,15H,4-8,11-12,14H2,1-3H3,(H,21,25). The van der Waals surface area contributed by atoms with E-state index in [1.54, 1.807) is 0 Å². The molecule has 25 heavy (non-hydrogen) atoms. The summed E-state index contributed by atoms with van der Waals surface area (Å²) in [5, 5.41) is 3.00. The van der Waals surface area contributed by atoms with Gasteiger partial charge in [0.05, 0.1) is 17.6 Å². The lowest BCUT2D eigenvalue weighted by Gasteiger charge is -2.18. The minimum Gasteiger partial charge on any atom is -0.326 e. The molecule has 1 aromatic carbocycles. The summed E-state index contributed by atoms with van der Waals surface area (Å²) in [6, 6.07) is 6.45. The molecule has 0 radical (unpaired) electrons. The van der Waals surface area contributed by atoms with Crippen molar-refractivity contribution >= 4 is 22.6 Å². The van der Waals surface area contributed by atoms with Crippen molar-refractivity contribution in [2.24, 2.45) is 0 Å². The second-order valence-electron chi connectivity index (χ2n) is 7.33. The number of anilines is 1. The lowest BCUT2D eigenvalue weighted by molar-refractivity contribution is -0.116. The number of nitrogens with zero attached hydrogens (tertiary/aromatic N) is 3. The number of nitrogens with one attached hydrogen (secondary N) is 1. The predicted octanol–water partition coefficient (Wildman–Crippen LogP) is 4.34. The Morgan fingerprint density at radius 2 is 2.04 bits per heavy atom. The topological polar surface area (TPSA) is 50.2 Å². The van der Waals surface area contributed by atoms with Crippen LogP contribution in [0.15, 0.2) is 18.2 Å². The van der Waals surface area contributed by atoms with Crippen LogP contribution in [0.25, 0.3) is 11.0 Å². The van der Waals surface area contributed by atoms with E-state index in [0.29, 0.717) is 12.5 Å². The summed E-state index contributed by atoms with van der Waals surface area (Å²) in [5.41, 5.74) is 2.96. The highest BCUT2D eigenvalue weighted by Crippen LogP contribution is 2.25. The van der Waals surface area contributed by atoms with E-state index in [9.17, 15) is 4.79 Å². The number of amides is 1. The number of carbonyl (C=O) groups excluding carboxylic acids is 1. The van der Waals surface area contributed by atoms with E-state index >= 15 is 0 Å². The lowest BCUT2D eigenvalue weighted by Crippen LogP contribution is -2.21. The first-order valence-corrected chi connectivity index (χ1v) is 9.61. The summed E-state index contributed by atoms with van der Waals surface area (Å²) in [6.07, 6.45) is 5.11. The van der Waals surface area contributed by atoms with Crippen molar-refractivity contribution in [3.63, 3.8) is 0 Å². The first-order valence-electron chi connectivity index (χ1n) is 9.61. The molecule has 1 fully saturated rings. The zero-order chi connectivity index (χ0) is 17.8. The van der Waals surface area contributed by atoms with Crippen molar-refractivity contribution in [1.29, 1.82) is 0 Å². The fourth-order valence-electron chi connectivity index (χ4n) is 3.62. The van der Waals surface area contributed by atoms with Gasteiger partial charge >= 0.3 is 0 Å². The first-order chi connectivity index (χ1) is 12.1. The van der Waals surface area contributed by atoms with E-state index in [0.717, 1.165) is 41.9 Å². The molecule has 2 aromatic rings. The summed E-state index contributed by atoms with van der Waals surface area (Å²) in [6.45, 7) is 9.75. The Hall–Kier alpha value is -1.88. The molecule has 0 unspecified atom stereocenters. The smallest absolute Gasteiger partial charge is 0.224 e. The van der Waals surface area contributed by atoms with Crippen LogP contribution in [0, 0.1) is 0 Å². The van der Waals surface area contributed by atoms with Gasteiger partial charge in [-0.1, -0.05) is 13.3 Å². The SMILES string of the molecule is CCCCC(=O)Nc1ccc2c(c1)nc(CN1CCCC1)n2C(C)C. The Morgan fingerprint density at radius 1 is 1.28 bits per heavy atom. The van der Waals surface area contributed by atoms with Crippen LogP contribution in [0.1, 0.15) is 64.7 Å². The summed E-state index contributed by atoms with van der Waals surface area (Å²) >= 11 is 0. The van der Waals surface area contributed by atoms with Gasteiger partial charge in [-0.15, -0.1) is 0 Å². The summed E-state index contributed by atoms with van der Waals surface area (Å²) < 4.78 is 2.33. The molecule has 1 N–H and O–H groups in total. The van der Waals surface area contributed by atoms with Crippen molar-refractivity contribution in [3.8, 4) is 0 Å². The van der Waals surface area contributed by atoms with Crippen molar-refractivity contribution in [2.45, 2.75) is 65.5 Å². The minimum atomic E-state index is 0.0850. The van der Waals surface area contributed by atoms with Gasteiger partial charge in [-0.2, -0.15) is 0 Å². The number of rotatable bonds is 7. The molecule has 0 spiro atoms. The zero-order valence-corrected chi connectivity index (χ0v) is 15.7. The average Bonchev–Trinajstić information content (AvgIpc) is 3.19. The van der Waals surface area contributed by atoms with Gasteiger partial charge in [-0.05, 0) is 64.4 Å². The molecular weight excluding hydrogens is 312 g/mol. The summed E-state index contributed by atoms with van der Waals surface area (Å²) in [7, 11) is 0. The van der Waals surface area contributed by atoms with E-state index in [1.165, 1.54) is 25.9 Å². The number of unbranched alkanes of at least 4 members (excludes halogenated alkanes) is 1. The largest absolute Gasteiger partial charge is 0.326 e. The molecule has 2 heterocycles. The molecule has 1 aliphatic rings. The van der Waals surface area contributed by atoms with Gasteiger partial charge in [0.1, 0.15) is 5.82 Å². The highest BCUT2D eigenvalue weighted by Gasteiger charge is 2.19. The second kappa shape index (κ2) is 8.00. The van der Waals surface area contributed by atoms with Gasteiger partial charge in [0, 0.05) is 18.2 Å². The molecule has 1 amide bonds. The van der Waals surface area contributed by atoms with Crippen LogP contribution >= 0.6 is 0 Å². The molecule has 5 nitrogen and oxygen atoms in total. The third-order valence-corrected chi connectivity index (χ3v) is 4.88. The average molecular weight is 342 g/mol. The highest BCUT2D eigenvalue weighted by molar-refractivity contribution is 5.93. The van der Waals surface area contributed by atoms with Gasteiger partial charge in [-0.3, -0.25) is 9.69 Å². The van der Waals surface area contributed by atoms with Crippen LogP contribution in [-0.2, 0) is 11.3 Å². The Kier molecular flexibility index (Phi) is 5.74. The van der Waals surface area contributed by atoms with Crippen LogP contribution in [0.2, 0.25) is 0 Å². The number of imidazole rings is 1. The fourth-order valence-corrected chi connectivity index (χ4v) is 3.62. The van der Waals surface area contributed by atoms with Gasteiger partial charge in [0.2, 0.25) is 5.91 Å². The maximum atomic E-state index is 12.0. The Bertz CT molecular complexity index is 729. The monoisotopic (exact) mass is 342 g/mol. The predicted molar refractivity (Wildman–Crippen MR) is 103 cm³/mol. The zero-order valence-electron chi connectivity index (χ0n) is 15.7. The lowest BCUT2D eigenvalue weighted by atomic mass is 10.2. The van der Waals surface area contributed by atoms with E-state index in [-0.39, 0.29) is 5.91 Å². The van der Waals surface area contributed by atoms with E-state index < -0.39 is 0 Å². The second-order valence-corrected chi connectivity index (χ2v) is 7.33. The maximum Gasteiger partial charge on any atom is 0.224 e. The van der Waals surface area contributed by atoms with Gasteiger partial charge < -0.3 is 9.88 Å². The molecule has 0 bridgehead atoms. The number of benzene rings is 1. The van der Waals surface area contributed by atoms with Crippen molar-refractivity contribution in [1.82, 2.24) is 14.5 Å². The van der Waals surface area contributed by atoms with E-state index in [1.807, 2.05) is 12.1 Å². The number of fused-ring (bicyclic) bond motifs is 1. The molecule has 0 atom stereocenters. The van der Waals surface area contributed by atoms with Crippen molar-refractivity contribution < 1.29 is 4.79 Å². The normalized spacial score (nSPS) is 15.4. The van der Waals surface area contributed by atoms with Gasteiger partial charge in [0.25, 0.3) is 0 Å². The highest BCUT2D eigenvalue weighted by atomic mass is 16.1. The van der Waals surface area contributed by atoms with Gasteiger partial charge in [-0.25, -0.2) is 4.98 Å². The summed E-state index contributed by atoms with van der Waals surface area (Å²) in [5.74, 6) is 1.21. The van der Waals surface area contributed by atoms with Crippen molar-refractivity contribution in [3.05, 3.63) is 24.0 Å². The maximum absolute atomic E-state index is 12.0. The molecule has 1 aromatic heterocycles. The molecule has 3 rings (SSSR count). The first kappa shape index (κ1) is 17.9. The number of likely N-dealkylation sites (tertiary alicyclic amines) is 1. The van der Waals surface area contributed by atoms with Crippen LogP contribution < -0.4 is 5.32 Å². The molecule has 0 aliphatic carbocycles. The molecule has 1 aliphatic heterocycles. The molecule has 0 saturated carbocycles. The Balaban J connectivity index is 1.84. The van der Waals surface area contributed by atoms with Crippen LogP contribution in [0.5, 0.6) is 0 Å². The van der Waals surface area contributed by atoms with E-state index in [4.69, 9.17) is 4.98 Å². The molecule has 1 saturated heterocycles. The van der Waals surface area contributed by atoms with Crippen LogP contribution in [-0.4, -0.2) is 33.4 Å². The van der Waals surface area contributed by atoms with Crippen LogP contribution in [0.4, 0.5) is 5.69 Å².